The molecule has 4 rings (SSSR count). The van der Waals surface area contributed by atoms with Gasteiger partial charge in [0, 0.05) is 43.5 Å². The van der Waals surface area contributed by atoms with Gasteiger partial charge in [0.05, 0.1) is 12.2 Å². The van der Waals surface area contributed by atoms with Crippen LogP contribution in [0.3, 0.4) is 0 Å². The van der Waals surface area contributed by atoms with Gasteiger partial charge in [-0.3, -0.25) is 14.2 Å². The number of carboxylic acids is 1. The number of nitrogens with zero attached hydrogens (tertiary/aromatic N) is 2. The highest BCUT2D eigenvalue weighted by atomic mass is 19.1. The first kappa shape index (κ1) is 30.5. The van der Waals surface area contributed by atoms with Crippen LogP contribution < -0.4 is 26.6 Å². The van der Waals surface area contributed by atoms with Crippen LogP contribution in [0.15, 0.2) is 33.9 Å². The number of benzene rings is 2. The van der Waals surface area contributed by atoms with Crippen LogP contribution in [-0.4, -0.2) is 44.8 Å². The van der Waals surface area contributed by atoms with Crippen LogP contribution >= 0.6 is 0 Å². The summed E-state index contributed by atoms with van der Waals surface area (Å²) in [5.41, 5.74) is 0.711. The van der Waals surface area contributed by atoms with E-state index in [1.165, 1.54) is 11.6 Å². The van der Waals surface area contributed by atoms with Crippen LogP contribution in [0, 0.1) is 18.6 Å². The highest BCUT2D eigenvalue weighted by molar-refractivity contribution is 5.97. The molecule has 2 aromatic carbocycles. The number of carboxylic acid groups (broad SMARTS) is 1. The average Bonchev–Trinajstić information content (AvgIpc) is 2.95. The van der Waals surface area contributed by atoms with E-state index in [-0.39, 0.29) is 23.7 Å². The zero-order valence-electron chi connectivity index (χ0n) is 24.1. The molecule has 12 heteroatoms. The van der Waals surface area contributed by atoms with Gasteiger partial charge in [-0.05, 0) is 56.4 Å². The van der Waals surface area contributed by atoms with Gasteiger partial charge in [-0.15, -0.1) is 0 Å². The fourth-order valence-electron chi connectivity index (χ4n) is 5.08. The topological polar surface area (TPSA) is 132 Å². The number of fused-ring (bicyclic) bond motifs is 1. The van der Waals surface area contributed by atoms with Gasteiger partial charge in [0.15, 0.2) is 0 Å². The Kier molecular flexibility index (Phi) is 8.83. The average molecular weight is 585 g/mol. The van der Waals surface area contributed by atoms with Gasteiger partial charge in [0.1, 0.15) is 29.0 Å². The molecule has 1 amide bonds. The summed E-state index contributed by atoms with van der Waals surface area (Å²) in [5, 5.41) is 15.1. The van der Waals surface area contributed by atoms with Gasteiger partial charge in [-0.1, -0.05) is 19.1 Å². The first-order valence-corrected chi connectivity index (χ1v) is 13.7. The number of ether oxygens (including phenoxy) is 1. The van der Waals surface area contributed by atoms with Crippen LogP contribution in [0.2, 0.25) is 0 Å². The Balaban J connectivity index is 1.68. The van der Waals surface area contributed by atoms with Crippen molar-refractivity contribution in [1.29, 1.82) is 0 Å². The minimum absolute atomic E-state index is 0.0538. The molecule has 0 saturated carbocycles. The number of anilines is 1. The van der Waals surface area contributed by atoms with Crippen LogP contribution in [0.25, 0.3) is 11.1 Å². The molecule has 224 valence electrons. The molecule has 2 atom stereocenters. The number of aromatic nitrogens is 2. The monoisotopic (exact) mass is 584 g/mol. The van der Waals surface area contributed by atoms with Gasteiger partial charge in [0.2, 0.25) is 0 Å². The Morgan fingerprint density at radius 1 is 1.12 bits per heavy atom. The molecule has 42 heavy (non-hydrogen) atoms. The van der Waals surface area contributed by atoms with E-state index in [0.717, 1.165) is 16.7 Å². The molecule has 3 N–H and O–H groups in total. The predicted octanol–water partition coefficient (Wildman–Crippen LogP) is 3.30. The van der Waals surface area contributed by atoms with Gasteiger partial charge in [0.25, 0.3) is 11.5 Å². The summed E-state index contributed by atoms with van der Waals surface area (Å²) in [7, 11) is 2.95. The van der Waals surface area contributed by atoms with Gasteiger partial charge < -0.3 is 25.0 Å². The zero-order valence-corrected chi connectivity index (χ0v) is 24.1. The molecule has 0 unspecified atom stereocenters. The van der Waals surface area contributed by atoms with Crippen LogP contribution in [0.1, 0.15) is 53.9 Å². The fraction of sp³-hybridized carbons (Fsp3) is 0.400. The number of rotatable bonds is 9. The Morgan fingerprint density at radius 3 is 2.40 bits per heavy atom. The number of hydrogen-bond donors (Lipinski definition) is 3. The van der Waals surface area contributed by atoms with Crippen molar-refractivity contribution in [1.82, 2.24) is 14.5 Å². The van der Waals surface area contributed by atoms with E-state index in [1.54, 1.807) is 26.1 Å². The van der Waals surface area contributed by atoms with Crippen molar-refractivity contribution in [3.63, 3.8) is 0 Å². The van der Waals surface area contributed by atoms with Gasteiger partial charge in [-0.25, -0.2) is 18.4 Å². The minimum atomic E-state index is -1.52. The lowest BCUT2D eigenvalue weighted by Crippen LogP contribution is -2.43. The summed E-state index contributed by atoms with van der Waals surface area (Å²) in [6.07, 6.45) is 1.65. The highest BCUT2D eigenvalue weighted by Gasteiger charge is 2.29. The molecular formula is C30H34F2N4O6. The zero-order chi connectivity index (χ0) is 30.9. The summed E-state index contributed by atoms with van der Waals surface area (Å²) < 4.78 is 38.0. The Hall–Kier alpha value is -4.48. The second-order valence-electron chi connectivity index (χ2n) is 10.5. The van der Waals surface area contributed by atoms with Crippen molar-refractivity contribution >= 4 is 17.6 Å². The molecule has 3 aromatic rings. The summed E-state index contributed by atoms with van der Waals surface area (Å²) in [6.45, 7) is 5.77. The third-order valence-corrected chi connectivity index (χ3v) is 7.72. The molecule has 2 heterocycles. The number of amides is 1. The molecule has 1 aliphatic rings. The maximum absolute atomic E-state index is 14.8. The highest BCUT2D eigenvalue weighted by Crippen LogP contribution is 2.38. The number of hydrogen-bond acceptors (Lipinski definition) is 6. The Morgan fingerprint density at radius 2 is 1.79 bits per heavy atom. The largest absolute Gasteiger partial charge is 0.493 e. The standard InChI is InChI=1S/C30H34F2N4O6/c1-6-15(2)33-18-13-21(31)25(22(32)14-18)27(37)34-23(29(39)40)12-17-9-10-20(26-19(17)8-7-11-42-26)24-16(3)35(4)30(41)36(5)28(24)38/h9-10,13-15,23,33H,6-8,11-12H2,1-5H3,(H,34,37)(H,39,40)/t15-,23-/m0/s1. The summed E-state index contributed by atoms with van der Waals surface area (Å²) >= 11 is 0. The molecule has 0 radical (unpaired) electrons. The third kappa shape index (κ3) is 5.79. The van der Waals surface area contributed by atoms with E-state index < -0.39 is 46.4 Å². The molecule has 0 saturated heterocycles. The Bertz CT molecular complexity index is 1660. The molecular weight excluding hydrogens is 550 g/mol. The van der Waals surface area contributed by atoms with Crippen LogP contribution in [-0.2, 0) is 31.7 Å². The van der Waals surface area contributed by atoms with E-state index in [1.807, 2.05) is 13.8 Å². The van der Waals surface area contributed by atoms with Crippen molar-refractivity contribution < 1.29 is 28.2 Å². The van der Waals surface area contributed by atoms with Gasteiger partial charge in [-0.2, -0.15) is 0 Å². The van der Waals surface area contributed by atoms with E-state index in [0.29, 0.717) is 54.0 Å². The minimum Gasteiger partial charge on any atom is -0.493 e. The Labute approximate surface area is 240 Å². The SMILES string of the molecule is CC[C@H](C)Nc1cc(F)c(C(=O)N[C@@H](Cc2ccc(-c3c(C)n(C)c(=O)n(C)c3=O)c3c2CCCO3)C(=O)O)c(F)c1. The van der Waals surface area contributed by atoms with Crippen LogP contribution in [0.4, 0.5) is 14.5 Å². The number of aliphatic carboxylic acids is 1. The summed E-state index contributed by atoms with van der Waals surface area (Å²) in [5.74, 6) is -4.43. The summed E-state index contributed by atoms with van der Waals surface area (Å²) in [4.78, 5) is 50.6. The quantitative estimate of drug-likeness (QED) is 0.352. The van der Waals surface area contributed by atoms with Crippen molar-refractivity contribution in [2.45, 2.75) is 58.5 Å². The molecule has 0 spiro atoms. The third-order valence-electron chi connectivity index (χ3n) is 7.72. The number of halogens is 2. The maximum atomic E-state index is 14.8. The smallest absolute Gasteiger partial charge is 0.330 e. The first-order chi connectivity index (χ1) is 19.8. The first-order valence-electron chi connectivity index (χ1n) is 13.7. The maximum Gasteiger partial charge on any atom is 0.330 e. The second-order valence-corrected chi connectivity index (χ2v) is 10.5. The summed E-state index contributed by atoms with van der Waals surface area (Å²) in [6, 6.07) is 3.69. The van der Waals surface area contributed by atoms with E-state index in [4.69, 9.17) is 4.74 Å². The number of nitrogens with one attached hydrogen (secondary N) is 2. The number of carbonyl (C=O) groups is 2. The lowest BCUT2D eigenvalue weighted by molar-refractivity contribution is -0.139. The van der Waals surface area contributed by atoms with Gasteiger partial charge >= 0.3 is 11.7 Å². The fourth-order valence-corrected chi connectivity index (χ4v) is 5.08. The van der Waals surface area contributed by atoms with Crippen molar-refractivity contribution in [2.75, 3.05) is 11.9 Å². The lowest BCUT2D eigenvalue weighted by atomic mass is 9.90. The molecule has 0 bridgehead atoms. The molecule has 10 nitrogen and oxygen atoms in total. The number of carbonyl (C=O) groups excluding carboxylic acids is 1. The van der Waals surface area contributed by atoms with E-state index in [2.05, 4.69) is 10.6 Å². The molecule has 0 fully saturated rings. The second kappa shape index (κ2) is 12.2. The van der Waals surface area contributed by atoms with Crippen LogP contribution in [0.5, 0.6) is 5.75 Å². The van der Waals surface area contributed by atoms with E-state index >= 15 is 0 Å². The van der Waals surface area contributed by atoms with Crippen molar-refractivity contribution in [2.24, 2.45) is 14.1 Å². The molecule has 1 aromatic heterocycles. The van der Waals surface area contributed by atoms with Crippen molar-refractivity contribution in [3.05, 3.63) is 79.1 Å². The van der Waals surface area contributed by atoms with E-state index in [9.17, 15) is 33.1 Å². The van der Waals surface area contributed by atoms with Crippen molar-refractivity contribution in [3.8, 4) is 16.9 Å². The molecule has 0 aliphatic carbocycles. The molecule has 1 aliphatic heterocycles. The lowest BCUT2D eigenvalue weighted by Gasteiger charge is -2.25. The predicted molar refractivity (Wildman–Crippen MR) is 153 cm³/mol. The normalized spacial score (nSPS) is 14.0.